The number of hydrogen-bond donors (Lipinski definition) is 4. The molecule has 3 aliphatic rings. The number of sulfone groups is 1. The highest BCUT2D eigenvalue weighted by molar-refractivity contribution is 7.92. The Kier molecular flexibility index (Phi) is 15.2. The molecule has 16 heteroatoms. The van der Waals surface area contributed by atoms with Crippen LogP contribution in [0.1, 0.15) is 111 Å². The minimum atomic E-state index is -3.63. The molecule has 2 aliphatic heterocycles. The second kappa shape index (κ2) is 19.1. The van der Waals surface area contributed by atoms with Crippen LogP contribution in [0.3, 0.4) is 0 Å². The monoisotopic (exact) mass is 828 g/mol. The molecule has 1 saturated carbocycles. The third-order valence-electron chi connectivity index (χ3n) is 11.3. The van der Waals surface area contributed by atoms with Crippen molar-refractivity contribution < 1.29 is 41.9 Å². The van der Waals surface area contributed by atoms with Crippen molar-refractivity contribution in [3.63, 3.8) is 0 Å². The van der Waals surface area contributed by atoms with Gasteiger partial charge in [0.1, 0.15) is 18.2 Å². The molecule has 322 valence electrons. The number of ether oxygens (including phenoxy) is 1. The highest BCUT2D eigenvalue weighted by Crippen LogP contribution is 2.33. The Hall–Kier alpha value is -4.47. The van der Waals surface area contributed by atoms with Gasteiger partial charge in [-0.15, -0.1) is 6.58 Å². The Morgan fingerprint density at radius 1 is 0.983 bits per heavy atom. The van der Waals surface area contributed by atoms with E-state index in [1.807, 2.05) is 24.3 Å². The predicted molar refractivity (Wildman–Crippen MR) is 220 cm³/mol. The van der Waals surface area contributed by atoms with Crippen molar-refractivity contribution in [2.75, 3.05) is 25.4 Å². The molecule has 1 saturated heterocycles. The van der Waals surface area contributed by atoms with Crippen molar-refractivity contribution in [3.8, 4) is 0 Å². The number of carbonyl (C=O) groups is 6. The van der Waals surface area contributed by atoms with Gasteiger partial charge in [-0.2, -0.15) is 0 Å². The molecule has 15 nitrogen and oxygen atoms in total. The van der Waals surface area contributed by atoms with Gasteiger partial charge >= 0.3 is 12.1 Å². The van der Waals surface area contributed by atoms with Crippen LogP contribution in [0, 0.1) is 5.41 Å². The average Bonchev–Trinajstić information content (AvgIpc) is 3.58. The minimum Gasteiger partial charge on any atom is -0.444 e. The largest absolute Gasteiger partial charge is 0.444 e. The van der Waals surface area contributed by atoms with E-state index in [9.17, 15) is 37.2 Å². The van der Waals surface area contributed by atoms with Crippen molar-refractivity contribution >= 4 is 45.5 Å². The zero-order valence-electron chi connectivity index (χ0n) is 35.3. The highest BCUT2D eigenvalue weighted by atomic mass is 32.2. The van der Waals surface area contributed by atoms with Crippen LogP contribution in [0.15, 0.2) is 36.9 Å². The summed E-state index contributed by atoms with van der Waals surface area (Å²) in [6, 6.07) is 3.47. The summed E-state index contributed by atoms with van der Waals surface area (Å²) in [7, 11) is -3.63. The van der Waals surface area contributed by atoms with Gasteiger partial charge in [-0.05, 0) is 63.0 Å². The predicted octanol–water partition coefficient (Wildman–Crippen LogP) is 3.94. The number of ketones is 1. The van der Waals surface area contributed by atoms with Crippen molar-refractivity contribution in [2.45, 2.75) is 147 Å². The number of urea groups is 1. The van der Waals surface area contributed by atoms with Crippen molar-refractivity contribution in [3.05, 3.63) is 48.0 Å². The fraction of sp³-hybridized carbons (Fsp3) is 0.667. The number of likely N-dealkylation sites (tertiary alicyclic amines) is 1. The molecule has 2 fully saturated rings. The summed E-state index contributed by atoms with van der Waals surface area (Å²) in [5, 5.41) is 10.9. The number of carbonyl (C=O) groups excluding carboxylic acids is 6. The number of nitrogens with zero attached hydrogens (tertiary/aromatic N) is 2. The molecular weight excluding hydrogens is 765 g/mol. The van der Waals surface area contributed by atoms with E-state index in [0.717, 1.165) is 30.4 Å². The van der Waals surface area contributed by atoms with Crippen LogP contribution in [-0.4, -0.2) is 114 Å². The van der Waals surface area contributed by atoms with Crippen LogP contribution in [0.25, 0.3) is 0 Å². The van der Waals surface area contributed by atoms with Crippen molar-refractivity contribution in [2.24, 2.45) is 5.41 Å². The zero-order valence-corrected chi connectivity index (χ0v) is 36.1. The Bertz CT molecular complexity index is 1810. The summed E-state index contributed by atoms with van der Waals surface area (Å²) >= 11 is 0. The maximum atomic E-state index is 14.7. The van der Waals surface area contributed by atoms with E-state index in [0.29, 0.717) is 38.8 Å². The molecule has 1 aromatic carbocycles. The summed E-state index contributed by atoms with van der Waals surface area (Å²) in [6.45, 7) is 16.1. The number of fused-ring (bicyclic) bond motifs is 1. The standard InChI is InChI=1S/C42H64N6O9S/c1-9-16-31(33(49)36(51)43-22-10-2)44-35(50)32-24-30(57-39(54)47-23-19-28-17-12-13-18-29(28)25-47)26-48(32)37(52)34(40(3,4)5)45-38(53)46-42(20-14-11-15-21-42)27-58(55,56)41(6,7)8/h10,12-13,17-18,30-32,34H,2,9,11,14-16,19-27H2,1,3-8H3,(H,43,51)(H,44,50)(H2,45,46,53). The first-order valence-corrected chi connectivity index (χ1v) is 22.1. The second-order valence-corrected chi connectivity index (χ2v) is 20.8. The zero-order chi connectivity index (χ0) is 43.1. The van der Waals surface area contributed by atoms with Crippen LogP contribution in [-0.2, 0) is 46.7 Å². The molecule has 6 amide bonds. The minimum absolute atomic E-state index is 0.0558. The summed E-state index contributed by atoms with van der Waals surface area (Å²) in [5.41, 5.74) is 0.193. The van der Waals surface area contributed by atoms with E-state index in [1.54, 1.807) is 53.4 Å². The van der Waals surface area contributed by atoms with Crippen molar-refractivity contribution in [1.82, 2.24) is 31.1 Å². The summed E-state index contributed by atoms with van der Waals surface area (Å²) in [4.78, 5) is 85.0. The quantitative estimate of drug-likeness (QED) is 0.159. The molecule has 4 N–H and O–H groups in total. The summed E-state index contributed by atoms with van der Waals surface area (Å²) < 4.78 is 31.8. The molecule has 0 radical (unpaired) electrons. The van der Waals surface area contributed by atoms with E-state index in [-0.39, 0.29) is 31.7 Å². The first-order chi connectivity index (χ1) is 27.1. The number of benzene rings is 1. The molecule has 4 atom stereocenters. The molecule has 1 aliphatic carbocycles. The molecule has 0 bridgehead atoms. The normalized spacial score (nSPS) is 20.5. The lowest BCUT2D eigenvalue weighted by Crippen LogP contribution is -2.63. The van der Waals surface area contributed by atoms with E-state index in [1.165, 1.54) is 11.0 Å². The van der Waals surface area contributed by atoms with Gasteiger partial charge in [-0.25, -0.2) is 18.0 Å². The van der Waals surface area contributed by atoms with Gasteiger partial charge in [0.2, 0.25) is 17.6 Å². The molecule has 4 rings (SSSR count). The average molecular weight is 829 g/mol. The first kappa shape index (κ1) is 46.2. The van der Waals surface area contributed by atoms with Gasteiger partial charge in [0.15, 0.2) is 9.84 Å². The van der Waals surface area contributed by atoms with Gasteiger partial charge in [0.05, 0.1) is 28.6 Å². The SMILES string of the molecule is C=CCNC(=O)C(=O)C(CCC)NC(=O)C1CC(OC(=O)N2CCc3ccccc3C2)CN1C(=O)C(NC(=O)NC1(CS(=O)(=O)C(C)(C)C)CCCCC1)C(C)(C)C. The fourth-order valence-corrected chi connectivity index (χ4v) is 9.34. The molecule has 0 aromatic heterocycles. The summed E-state index contributed by atoms with van der Waals surface area (Å²) in [6.07, 6.45) is 4.35. The Morgan fingerprint density at radius 2 is 1.64 bits per heavy atom. The first-order valence-electron chi connectivity index (χ1n) is 20.5. The highest BCUT2D eigenvalue weighted by Gasteiger charge is 2.48. The number of nitrogens with one attached hydrogen (secondary N) is 4. The molecule has 58 heavy (non-hydrogen) atoms. The number of amides is 6. The summed E-state index contributed by atoms with van der Waals surface area (Å²) in [5.74, 6) is -3.33. The maximum absolute atomic E-state index is 14.7. The lowest BCUT2D eigenvalue weighted by molar-refractivity contribution is -0.143. The smallest absolute Gasteiger partial charge is 0.410 e. The third-order valence-corrected chi connectivity index (χ3v) is 14.1. The topological polar surface area (TPSA) is 200 Å². The van der Waals surface area contributed by atoms with Crippen LogP contribution in [0.2, 0.25) is 0 Å². The van der Waals surface area contributed by atoms with Crippen LogP contribution >= 0.6 is 0 Å². The second-order valence-electron chi connectivity index (χ2n) is 18.0. The molecule has 2 heterocycles. The van der Waals surface area contributed by atoms with E-state index < -0.39 is 85.4 Å². The van der Waals surface area contributed by atoms with E-state index >= 15 is 0 Å². The Balaban J connectivity index is 1.60. The number of Topliss-reactive ketones (excluding diaryl/α,β-unsaturated/α-hetero) is 1. The Morgan fingerprint density at radius 3 is 2.24 bits per heavy atom. The van der Waals surface area contributed by atoms with Crippen LogP contribution < -0.4 is 21.3 Å². The maximum Gasteiger partial charge on any atom is 0.410 e. The van der Waals surface area contributed by atoms with Gasteiger partial charge in [-0.1, -0.05) is 83.7 Å². The number of rotatable bonds is 14. The van der Waals surface area contributed by atoms with Crippen molar-refractivity contribution in [1.29, 1.82) is 0 Å². The molecule has 1 aromatic rings. The van der Waals surface area contributed by atoms with Gasteiger partial charge in [0.25, 0.3) is 5.91 Å². The van der Waals surface area contributed by atoms with E-state index in [2.05, 4.69) is 27.8 Å². The van der Waals surface area contributed by atoms with Crippen LogP contribution in [0.4, 0.5) is 9.59 Å². The lowest BCUT2D eigenvalue weighted by atomic mass is 9.83. The number of hydrogen-bond acceptors (Lipinski definition) is 9. The third kappa shape index (κ3) is 11.6. The Labute approximate surface area is 343 Å². The molecule has 0 spiro atoms. The lowest BCUT2D eigenvalue weighted by Gasteiger charge is -2.41. The molecular formula is C42H64N6O9S. The fourth-order valence-electron chi connectivity index (χ4n) is 7.82. The van der Waals surface area contributed by atoms with Crippen LogP contribution in [0.5, 0.6) is 0 Å². The van der Waals surface area contributed by atoms with Gasteiger partial charge < -0.3 is 35.8 Å². The van der Waals surface area contributed by atoms with E-state index in [4.69, 9.17) is 4.74 Å². The molecule has 4 unspecified atom stereocenters. The van der Waals surface area contributed by atoms with Gasteiger partial charge in [0, 0.05) is 26.1 Å². The van der Waals surface area contributed by atoms with Gasteiger partial charge in [-0.3, -0.25) is 19.2 Å².